The van der Waals surface area contributed by atoms with Crippen molar-refractivity contribution in [2.24, 2.45) is 0 Å². The van der Waals surface area contributed by atoms with Crippen LogP contribution in [0.2, 0.25) is 5.02 Å². The molecule has 0 heterocycles. The zero-order chi connectivity index (χ0) is 10.7. The van der Waals surface area contributed by atoms with E-state index in [2.05, 4.69) is 0 Å². The molecule has 0 amide bonds. The molecule has 2 N–H and O–H groups in total. The number of benzene rings is 1. The summed E-state index contributed by atoms with van der Waals surface area (Å²) in [6.45, 7) is -0.297. The highest BCUT2D eigenvalue weighted by Crippen LogP contribution is 2.28. The summed E-state index contributed by atoms with van der Waals surface area (Å²) in [5, 5.41) is 17.7. The Kier molecular flexibility index (Phi) is 3.80. The Morgan fingerprint density at radius 1 is 1.36 bits per heavy atom. The van der Waals surface area contributed by atoms with Crippen LogP contribution in [0.15, 0.2) is 12.1 Å². The number of hydrogen-bond acceptors (Lipinski definition) is 2. The fourth-order valence-corrected chi connectivity index (χ4v) is 1.46. The molecular weight excluding hydrogens is 214 g/mol. The van der Waals surface area contributed by atoms with Gasteiger partial charge in [-0.2, -0.15) is 0 Å². The molecule has 0 aliphatic carbocycles. The van der Waals surface area contributed by atoms with Crippen molar-refractivity contribution in [1.82, 2.24) is 0 Å². The van der Waals surface area contributed by atoms with Gasteiger partial charge >= 0.3 is 0 Å². The highest BCUT2D eigenvalue weighted by Gasteiger charge is 2.17. The van der Waals surface area contributed by atoms with E-state index < -0.39 is 17.7 Å². The second-order valence-corrected chi connectivity index (χ2v) is 3.22. The molecule has 5 heteroatoms. The maximum absolute atomic E-state index is 13.1. The number of aliphatic hydroxyl groups excluding tert-OH is 2. The van der Waals surface area contributed by atoms with Crippen LogP contribution in [0.4, 0.5) is 8.78 Å². The van der Waals surface area contributed by atoms with Crippen molar-refractivity contribution in [3.63, 3.8) is 0 Å². The summed E-state index contributed by atoms with van der Waals surface area (Å²) in [6.07, 6.45) is -1.25. The average molecular weight is 223 g/mol. The molecule has 1 rings (SSSR count). The third-order valence-electron chi connectivity index (χ3n) is 1.78. The standard InChI is InChI=1S/C9H9ClF2O2/c10-6-3-5(11)4-7(12)9(6)8(14)1-2-13/h3-4,8,13-14H,1-2H2. The van der Waals surface area contributed by atoms with Gasteiger partial charge in [-0.1, -0.05) is 11.6 Å². The lowest BCUT2D eigenvalue weighted by molar-refractivity contribution is 0.131. The Balaban J connectivity index is 3.07. The number of hydrogen-bond donors (Lipinski definition) is 2. The summed E-state index contributed by atoms with van der Waals surface area (Å²) in [4.78, 5) is 0. The van der Waals surface area contributed by atoms with E-state index in [1.54, 1.807) is 0 Å². The molecule has 78 valence electrons. The van der Waals surface area contributed by atoms with Crippen molar-refractivity contribution in [2.45, 2.75) is 12.5 Å². The van der Waals surface area contributed by atoms with Gasteiger partial charge in [0.05, 0.1) is 11.1 Å². The van der Waals surface area contributed by atoms with Gasteiger partial charge in [0.2, 0.25) is 0 Å². The molecule has 0 fully saturated rings. The van der Waals surface area contributed by atoms with E-state index in [0.29, 0.717) is 6.07 Å². The van der Waals surface area contributed by atoms with Gasteiger partial charge in [-0.3, -0.25) is 0 Å². The number of aliphatic hydroxyl groups is 2. The van der Waals surface area contributed by atoms with E-state index in [4.69, 9.17) is 16.7 Å². The second kappa shape index (κ2) is 4.68. The Morgan fingerprint density at radius 3 is 2.50 bits per heavy atom. The van der Waals surface area contributed by atoms with Crippen LogP contribution in [0.25, 0.3) is 0 Å². The first-order valence-corrected chi connectivity index (χ1v) is 4.37. The molecule has 0 saturated heterocycles. The topological polar surface area (TPSA) is 40.5 Å². The normalized spacial score (nSPS) is 12.9. The quantitative estimate of drug-likeness (QED) is 0.822. The van der Waals surface area contributed by atoms with Crippen LogP contribution in [0.1, 0.15) is 18.1 Å². The lowest BCUT2D eigenvalue weighted by Gasteiger charge is -2.12. The molecule has 14 heavy (non-hydrogen) atoms. The molecule has 0 aromatic heterocycles. The van der Waals surface area contributed by atoms with Crippen LogP contribution in [0.3, 0.4) is 0 Å². The fourth-order valence-electron chi connectivity index (χ4n) is 1.14. The molecule has 0 radical (unpaired) electrons. The molecular formula is C9H9ClF2O2. The molecule has 1 aromatic carbocycles. The van der Waals surface area contributed by atoms with Crippen molar-refractivity contribution in [3.05, 3.63) is 34.4 Å². The third-order valence-corrected chi connectivity index (χ3v) is 2.09. The summed E-state index contributed by atoms with van der Waals surface area (Å²) in [5.74, 6) is -1.71. The zero-order valence-corrected chi connectivity index (χ0v) is 7.93. The lowest BCUT2D eigenvalue weighted by Crippen LogP contribution is -2.04. The summed E-state index contributed by atoms with van der Waals surface area (Å²) >= 11 is 5.54. The molecule has 1 aromatic rings. The van der Waals surface area contributed by atoms with E-state index in [0.717, 1.165) is 6.07 Å². The van der Waals surface area contributed by atoms with Crippen LogP contribution in [-0.4, -0.2) is 16.8 Å². The summed E-state index contributed by atoms with van der Waals surface area (Å²) < 4.78 is 25.7. The molecule has 1 atom stereocenters. The Morgan fingerprint density at radius 2 is 2.00 bits per heavy atom. The minimum absolute atomic E-state index is 0.0394. The molecule has 0 aliphatic heterocycles. The maximum Gasteiger partial charge on any atom is 0.133 e. The van der Waals surface area contributed by atoms with Crippen LogP contribution < -0.4 is 0 Å². The minimum atomic E-state index is -1.21. The monoisotopic (exact) mass is 222 g/mol. The fraction of sp³-hybridized carbons (Fsp3) is 0.333. The lowest BCUT2D eigenvalue weighted by atomic mass is 10.1. The van der Waals surface area contributed by atoms with Crippen LogP contribution in [0.5, 0.6) is 0 Å². The van der Waals surface area contributed by atoms with Gasteiger partial charge in [0, 0.05) is 24.7 Å². The van der Waals surface area contributed by atoms with Crippen molar-refractivity contribution < 1.29 is 19.0 Å². The van der Waals surface area contributed by atoms with Gasteiger partial charge in [0.1, 0.15) is 11.6 Å². The van der Waals surface area contributed by atoms with Gasteiger partial charge in [0.15, 0.2) is 0 Å². The van der Waals surface area contributed by atoms with Crippen LogP contribution >= 0.6 is 11.6 Å². The predicted molar refractivity (Wildman–Crippen MR) is 48.0 cm³/mol. The van der Waals surface area contributed by atoms with E-state index >= 15 is 0 Å². The largest absolute Gasteiger partial charge is 0.396 e. The molecule has 0 spiro atoms. The van der Waals surface area contributed by atoms with Crippen molar-refractivity contribution in [2.75, 3.05) is 6.61 Å². The molecule has 0 aliphatic rings. The second-order valence-electron chi connectivity index (χ2n) is 2.81. The molecule has 2 nitrogen and oxygen atoms in total. The predicted octanol–water partition coefficient (Wildman–Crippen LogP) is 2.03. The first-order chi connectivity index (χ1) is 6.56. The summed E-state index contributed by atoms with van der Waals surface area (Å²) in [7, 11) is 0. The Labute approximate surface area is 84.7 Å². The highest BCUT2D eigenvalue weighted by molar-refractivity contribution is 6.31. The van der Waals surface area contributed by atoms with Gasteiger partial charge in [-0.05, 0) is 6.07 Å². The van der Waals surface area contributed by atoms with E-state index in [1.165, 1.54) is 0 Å². The Hall–Kier alpha value is -0.710. The molecule has 0 saturated carbocycles. The molecule has 0 bridgehead atoms. The average Bonchev–Trinajstić information content (AvgIpc) is 2.01. The number of halogens is 3. The molecule has 1 unspecified atom stereocenters. The van der Waals surface area contributed by atoms with Crippen LogP contribution in [-0.2, 0) is 0 Å². The third kappa shape index (κ3) is 2.41. The van der Waals surface area contributed by atoms with Gasteiger partial charge in [0.25, 0.3) is 0 Å². The van der Waals surface area contributed by atoms with E-state index in [9.17, 15) is 13.9 Å². The first kappa shape index (κ1) is 11.4. The Bertz CT molecular complexity index is 308. The number of rotatable bonds is 3. The van der Waals surface area contributed by atoms with Gasteiger partial charge in [-0.25, -0.2) is 8.78 Å². The van der Waals surface area contributed by atoms with Crippen molar-refractivity contribution in [1.29, 1.82) is 0 Å². The SMILES string of the molecule is OCCC(O)c1c(F)cc(F)cc1Cl. The smallest absolute Gasteiger partial charge is 0.133 e. The maximum atomic E-state index is 13.1. The zero-order valence-electron chi connectivity index (χ0n) is 7.17. The van der Waals surface area contributed by atoms with E-state index in [-0.39, 0.29) is 23.6 Å². The summed E-state index contributed by atoms with van der Waals surface area (Å²) in [6, 6.07) is 1.56. The van der Waals surface area contributed by atoms with Crippen molar-refractivity contribution in [3.8, 4) is 0 Å². The highest BCUT2D eigenvalue weighted by atomic mass is 35.5. The van der Waals surface area contributed by atoms with E-state index in [1.807, 2.05) is 0 Å². The van der Waals surface area contributed by atoms with Crippen molar-refractivity contribution >= 4 is 11.6 Å². The summed E-state index contributed by atoms with van der Waals surface area (Å²) in [5.41, 5.74) is -0.179. The minimum Gasteiger partial charge on any atom is -0.396 e. The first-order valence-electron chi connectivity index (χ1n) is 3.99. The van der Waals surface area contributed by atoms with Crippen LogP contribution in [0, 0.1) is 11.6 Å². The van der Waals surface area contributed by atoms with Gasteiger partial charge in [-0.15, -0.1) is 0 Å². The van der Waals surface area contributed by atoms with Gasteiger partial charge < -0.3 is 10.2 Å².